The lowest BCUT2D eigenvalue weighted by Crippen LogP contribution is -2.45. The lowest BCUT2D eigenvalue weighted by molar-refractivity contribution is -0.131. The minimum Gasteiger partial charge on any atom is -0.342 e. The van der Waals surface area contributed by atoms with E-state index in [0.29, 0.717) is 25.9 Å². The number of halogens is 2. The highest BCUT2D eigenvalue weighted by atomic mass is 32.2. The standard InChI is InChI=1S/C15H16F2N2OS/c1-21-15(10-18)5-7-19(8-6-15)13(20)9-11-3-2-4-12(16)14(11)17/h2-4H,5-9H2,1H3. The third-order valence-corrected chi connectivity index (χ3v) is 5.17. The molecule has 0 radical (unpaired) electrons. The second kappa shape index (κ2) is 6.44. The fourth-order valence-electron chi connectivity index (χ4n) is 2.44. The predicted molar refractivity (Wildman–Crippen MR) is 77.7 cm³/mol. The first-order valence-electron chi connectivity index (χ1n) is 6.68. The van der Waals surface area contributed by atoms with E-state index in [1.807, 2.05) is 6.26 Å². The van der Waals surface area contributed by atoms with Crippen molar-refractivity contribution in [1.82, 2.24) is 4.90 Å². The molecule has 2 rings (SSSR count). The van der Waals surface area contributed by atoms with Crippen LogP contribution in [0.1, 0.15) is 18.4 Å². The van der Waals surface area contributed by atoms with E-state index in [2.05, 4.69) is 6.07 Å². The second-order valence-corrected chi connectivity index (χ2v) is 6.27. The zero-order valence-electron chi connectivity index (χ0n) is 11.7. The van der Waals surface area contributed by atoms with E-state index >= 15 is 0 Å². The van der Waals surface area contributed by atoms with Crippen LogP contribution in [0.2, 0.25) is 0 Å². The minimum absolute atomic E-state index is 0.0713. The number of thioether (sulfide) groups is 1. The molecule has 1 aromatic carbocycles. The molecular formula is C15H16F2N2OS. The number of hydrogen-bond acceptors (Lipinski definition) is 3. The van der Waals surface area contributed by atoms with Gasteiger partial charge in [0.15, 0.2) is 11.6 Å². The third-order valence-electron chi connectivity index (χ3n) is 3.89. The molecular weight excluding hydrogens is 294 g/mol. The third kappa shape index (κ3) is 3.35. The molecule has 1 aromatic rings. The molecule has 0 unspecified atom stereocenters. The Morgan fingerprint density at radius 1 is 1.43 bits per heavy atom. The van der Waals surface area contributed by atoms with Crippen LogP contribution < -0.4 is 0 Å². The van der Waals surface area contributed by atoms with Crippen LogP contribution in [0.5, 0.6) is 0 Å². The average molecular weight is 310 g/mol. The Morgan fingerprint density at radius 3 is 2.67 bits per heavy atom. The number of amides is 1. The van der Waals surface area contributed by atoms with Crippen molar-refractivity contribution in [1.29, 1.82) is 5.26 Å². The fraction of sp³-hybridized carbons (Fsp3) is 0.467. The van der Waals surface area contributed by atoms with Crippen LogP contribution in [0, 0.1) is 23.0 Å². The highest BCUT2D eigenvalue weighted by Gasteiger charge is 2.35. The molecule has 1 aliphatic heterocycles. The number of hydrogen-bond donors (Lipinski definition) is 0. The molecule has 0 atom stereocenters. The Balaban J connectivity index is 2.00. The normalized spacial score (nSPS) is 17.3. The van der Waals surface area contributed by atoms with Gasteiger partial charge in [0.2, 0.25) is 5.91 Å². The zero-order chi connectivity index (χ0) is 15.5. The molecule has 0 saturated carbocycles. The number of likely N-dealkylation sites (tertiary alicyclic amines) is 1. The molecule has 0 aliphatic carbocycles. The molecule has 112 valence electrons. The lowest BCUT2D eigenvalue weighted by atomic mass is 9.96. The summed E-state index contributed by atoms with van der Waals surface area (Å²) in [5, 5.41) is 9.20. The van der Waals surface area contributed by atoms with Crippen LogP contribution in [0.3, 0.4) is 0 Å². The van der Waals surface area contributed by atoms with Crippen molar-refractivity contribution in [2.45, 2.75) is 24.0 Å². The molecule has 1 saturated heterocycles. The van der Waals surface area contributed by atoms with Gasteiger partial charge in [-0.1, -0.05) is 12.1 Å². The van der Waals surface area contributed by atoms with Gasteiger partial charge in [-0.2, -0.15) is 5.26 Å². The number of piperidine rings is 1. The van der Waals surface area contributed by atoms with Crippen LogP contribution >= 0.6 is 11.8 Å². The summed E-state index contributed by atoms with van der Waals surface area (Å²) >= 11 is 1.51. The topological polar surface area (TPSA) is 44.1 Å². The summed E-state index contributed by atoms with van der Waals surface area (Å²) < 4.78 is 26.3. The van der Waals surface area contributed by atoms with E-state index in [9.17, 15) is 18.8 Å². The first-order valence-corrected chi connectivity index (χ1v) is 7.91. The molecule has 6 heteroatoms. The van der Waals surface area contributed by atoms with Gasteiger partial charge in [-0.25, -0.2) is 8.78 Å². The van der Waals surface area contributed by atoms with Gasteiger partial charge in [-0.05, 0) is 25.2 Å². The van der Waals surface area contributed by atoms with Crippen molar-refractivity contribution in [3.8, 4) is 6.07 Å². The van der Waals surface area contributed by atoms with Crippen LogP contribution in [0.15, 0.2) is 18.2 Å². The summed E-state index contributed by atoms with van der Waals surface area (Å²) in [6.07, 6.45) is 2.94. The smallest absolute Gasteiger partial charge is 0.227 e. The van der Waals surface area contributed by atoms with Crippen molar-refractivity contribution >= 4 is 17.7 Å². The highest BCUT2D eigenvalue weighted by molar-refractivity contribution is 8.00. The van der Waals surface area contributed by atoms with Gasteiger partial charge in [0, 0.05) is 18.7 Å². The maximum atomic E-state index is 13.6. The van der Waals surface area contributed by atoms with Crippen LogP contribution in [-0.4, -0.2) is 34.9 Å². The largest absolute Gasteiger partial charge is 0.342 e. The van der Waals surface area contributed by atoms with Crippen molar-refractivity contribution in [3.63, 3.8) is 0 Å². The van der Waals surface area contributed by atoms with E-state index in [4.69, 9.17) is 0 Å². The Bertz CT molecular complexity index is 578. The quantitative estimate of drug-likeness (QED) is 0.862. The van der Waals surface area contributed by atoms with Crippen molar-refractivity contribution in [2.75, 3.05) is 19.3 Å². The van der Waals surface area contributed by atoms with Gasteiger partial charge in [0.05, 0.1) is 12.5 Å². The summed E-state index contributed by atoms with van der Waals surface area (Å²) in [5.74, 6) is -2.13. The Labute approximate surface area is 126 Å². The van der Waals surface area contributed by atoms with Gasteiger partial charge < -0.3 is 4.90 Å². The van der Waals surface area contributed by atoms with Gasteiger partial charge in [-0.3, -0.25) is 4.79 Å². The van der Waals surface area contributed by atoms with Gasteiger partial charge in [0.1, 0.15) is 4.75 Å². The number of carbonyl (C=O) groups is 1. The van der Waals surface area contributed by atoms with E-state index in [1.165, 1.54) is 23.9 Å². The summed E-state index contributed by atoms with van der Waals surface area (Å²) in [4.78, 5) is 13.8. The monoisotopic (exact) mass is 310 g/mol. The Morgan fingerprint density at radius 2 is 2.10 bits per heavy atom. The predicted octanol–water partition coefficient (Wildman–Crippen LogP) is 2.76. The van der Waals surface area contributed by atoms with E-state index in [1.54, 1.807) is 4.90 Å². The minimum atomic E-state index is -0.960. The molecule has 1 aliphatic rings. The fourth-order valence-corrected chi connectivity index (χ4v) is 3.12. The molecule has 1 amide bonds. The van der Waals surface area contributed by atoms with E-state index in [-0.39, 0.29) is 17.9 Å². The van der Waals surface area contributed by atoms with Gasteiger partial charge in [0.25, 0.3) is 0 Å². The molecule has 3 nitrogen and oxygen atoms in total. The molecule has 1 fully saturated rings. The van der Waals surface area contributed by atoms with Crippen molar-refractivity contribution in [2.24, 2.45) is 0 Å². The number of nitrogens with zero attached hydrogens (tertiary/aromatic N) is 2. The maximum Gasteiger partial charge on any atom is 0.227 e. The number of carbonyl (C=O) groups excluding carboxylic acids is 1. The van der Waals surface area contributed by atoms with E-state index < -0.39 is 16.4 Å². The van der Waals surface area contributed by atoms with Crippen LogP contribution in [0.4, 0.5) is 8.78 Å². The average Bonchev–Trinajstić information content (AvgIpc) is 2.52. The molecule has 0 aromatic heterocycles. The van der Waals surface area contributed by atoms with Crippen LogP contribution in [0.25, 0.3) is 0 Å². The van der Waals surface area contributed by atoms with Crippen molar-refractivity contribution in [3.05, 3.63) is 35.4 Å². The molecule has 1 heterocycles. The molecule has 0 spiro atoms. The molecule has 0 bridgehead atoms. The number of rotatable bonds is 3. The number of nitriles is 1. The maximum absolute atomic E-state index is 13.6. The van der Waals surface area contributed by atoms with Crippen LogP contribution in [-0.2, 0) is 11.2 Å². The summed E-state index contributed by atoms with van der Waals surface area (Å²) in [6.45, 7) is 0.953. The number of benzene rings is 1. The second-order valence-electron chi connectivity index (χ2n) is 5.08. The van der Waals surface area contributed by atoms with Crippen molar-refractivity contribution < 1.29 is 13.6 Å². The highest BCUT2D eigenvalue weighted by Crippen LogP contribution is 2.33. The SMILES string of the molecule is CSC1(C#N)CCN(C(=O)Cc2cccc(F)c2F)CC1. The zero-order valence-corrected chi connectivity index (χ0v) is 12.6. The summed E-state index contributed by atoms with van der Waals surface area (Å²) in [5.41, 5.74) is 0.0713. The van der Waals surface area contributed by atoms with E-state index in [0.717, 1.165) is 6.07 Å². The Kier molecular flexibility index (Phi) is 4.84. The molecule has 21 heavy (non-hydrogen) atoms. The summed E-state index contributed by atoms with van der Waals surface area (Å²) in [7, 11) is 0. The Hall–Kier alpha value is -1.61. The van der Waals surface area contributed by atoms with Gasteiger partial charge in [-0.15, -0.1) is 11.8 Å². The first-order chi connectivity index (χ1) is 10.0. The lowest BCUT2D eigenvalue weighted by Gasteiger charge is -2.36. The first kappa shape index (κ1) is 15.8. The van der Waals surface area contributed by atoms with Gasteiger partial charge >= 0.3 is 0 Å². The molecule has 0 N–H and O–H groups in total. The summed E-state index contributed by atoms with van der Waals surface area (Å²) in [6, 6.07) is 6.15.